The van der Waals surface area contributed by atoms with Crippen molar-refractivity contribution < 1.29 is 17.6 Å². The Labute approximate surface area is 190 Å². The fourth-order valence-corrected chi connectivity index (χ4v) is 5.57. The summed E-state index contributed by atoms with van der Waals surface area (Å²) in [5.74, 6) is -1.74. The van der Waals surface area contributed by atoms with E-state index in [-0.39, 0.29) is 30.6 Å². The van der Waals surface area contributed by atoms with Crippen LogP contribution in [0.2, 0.25) is 5.02 Å². The second-order valence-corrected chi connectivity index (χ2v) is 10.1. The quantitative estimate of drug-likeness (QED) is 0.593. The highest BCUT2D eigenvalue weighted by atomic mass is 35.5. The topological polar surface area (TPSA) is 84.3 Å². The molecule has 0 spiro atoms. The van der Waals surface area contributed by atoms with Crippen molar-refractivity contribution in [2.24, 2.45) is 13.0 Å². The van der Waals surface area contributed by atoms with Gasteiger partial charge >= 0.3 is 0 Å². The van der Waals surface area contributed by atoms with Crippen LogP contribution in [0.4, 0.5) is 4.39 Å². The molecule has 1 aromatic heterocycles. The Morgan fingerprint density at radius 3 is 2.62 bits per heavy atom. The number of nitrogens with zero attached hydrogens (tertiary/aromatic N) is 3. The van der Waals surface area contributed by atoms with Crippen LogP contribution < -0.4 is 5.32 Å². The van der Waals surface area contributed by atoms with E-state index in [1.807, 2.05) is 6.07 Å². The molecule has 2 heterocycles. The zero-order valence-corrected chi connectivity index (χ0v) is 18.9. The van der Waals surface area contributed by atoms with Crippen LogP contribution in [0.3, 0.4) is 0 Å². The van der Waals surface area contributed by atoms with Crippen LogP contribution >= 0.6 is 11.6 Å². The molecular weight excluding hydrogens is 455 g/mol. The highest BCUT2D eigenvalue weighted by Crippen LogP contribution is 2.36. The molecule has 4 rings (SSSR count). The number of aromatic nitrogens is 2. The Bertz CT molecular complexity index is 1230. The molecule has 32 heavy (non-hydrogen) atoms. The predicted molar refractivity (Wildman–Crippen MR) is 118 cm³/mol. The number of rotatable bonds is 6. The summed E-state index contributed by atoms with van der Waals surface area (Å²) in [5, 5.41) is 3.38. The van der Waals surface area contributed by atoms with Gasteiger partial charge < -0.3 is 9.88 Å². The number of aryl methyl sites for hydroxylation is 1. The third-order valence-electron chi connectivity index (χ3n) is 5.56. The molecule has 0 saturated carbocycles. The van der Waals surface area contributed by atoms with Gasteiger partial charge in [-0.2, -0.15) is 4.31 Å². The average Bonchev–Trinajstić information content (AvgIpc) is 3.40. The maximum Gasteiger partial charge on any atom is 0.262 e. The first kappa shape index (κ1) is 22.4. The molecule has 2 atom stereocenters. The highest BCUT2D eigenvalue weighted by Gasteiger charge is 2.44. The fourth-order valence-electron chi connectivity index (χ4n) is 3.90. The Kier molecular flexibility index (Phi) is 6.32. The minimum Gasteiger partial charge on any atom is -0.352 e. The maximum absolute atomic E-state index is 13.5. The zero-order valence-electron chi connectivity index (χ0n) is 17.3. The van der Waals surface area contributed by atoms with Crippen molar-refractivity contribution in [3.8, 4) is 0 Å². The molecule has 1 amide bonds. The molecule has 2 aromatic carbocycles. The second kappa shape index (κ2) is 9.01. The molecule has 2 unspecified atom stereocenters. The van der Waals surface area contributed by atoms with E-state index in [0.29, 0.717) is 10.6 Å². The van der Waals surface area contributed by atoms with Crippen molar-refractivity contribution in [1.29, 1.82) is 0 Å². The molecule has 0 bridgehead atoms. The first-order chi connectivity index (χ1) is 15.2. The third-order valence-corrected chi connectivity index (χ3v) is 7.51. The van der Waals surface area contributed by atoms with Crippen molar-refractivity contribution in [2.75, 3.05) is 13.1 Å². The monoisotopic (exact) mass is 476 g/mol. The number of halogens is 2. The van der Waals surface area contributed by atoms with Crippen LogP contribution in [-0.4, -0.2) is 41.3 Å². The van der Waals surface area contributed by atoms with Gasteiger partial charge in [0.2, 0.25) is 5.91 Å². The molecule has 1 saturated heterocycles. The summed E-state index contributed by atoms with van der Waals surface area (Å²) in [6.45, 7) is 0.362. The van der Waals surface area contributed by atoms with Gasteiger partial charge in [0.05, 0.1) is 12.2 Å². The molecule has 0 radical (unpaired) electrons. The van der Waals surface area contributed by atoms with Gasteiger partial charge in [0, 0.05) is 43.8 Å². The smallest absolute Gasteiger partial charge is 0.262 e. The molecule has 168 valence electrons. The van der Waals surface area contributed by atoms with E-state index in [1.165, 1.54) is 29.0 Å². The molecule has 7 nitrogen and oxygen atoms in total. The normalized spacial score (nSPS) is 19.2. The van der Waals surface area contributed by atoms with Crippen LogP contribution in [0, 0.1) is 11.7 Å². The number of imidazole rings is 1. The standard InChI is InChI=1S/C22H22ClFN4O3S/c1-27-13-21(26-14-27)32(30,31)28-11-19(16-5-7-18(24)8-6-16)20(12-28)22(29)25-10-15-3-2-4-17(23)9-15/h2-9,13-14,19-20H,10-12H2,1H3,(H,25,29). The lowest BCUT2D eigenvalue weighted by Crippen LogP contribution is -2.35. The summed E-state index contributed by atoms with van der Waals surface area (Å²) in [7, 11) is -2.19. The summed E-state index contributed by atoms with van der Waals surface area (Å²) in [5.41, 5.74) is 1.54. The first-order valence-corrected chi connectivity index (χ1v) is 11.8. The van der Waals surface area contributed by atoms with Crippen LogP contribution in [0.25, 0.3) is 0 Å². The second-order valence-electron chi connectivity index (χ2n) is 7.81. The van der Waals surface area contributed by atoms with Gasteiger partial charge in [0.15, 0.2) is 5.03 Å². The molecule has 1 aliphatic rings. The minimum absolute atomic E-state index is 0.00231. The predicted octanol–water partition coefficient (Wildman–Crippen LogP) is 2.93. The van der Waals surface area contributed by atoms with Crippen molar-refractivity contribution in [1.82, 2.24) is 19.2 Å². The highest BCUT2D eigenvalue weighted by molar-refractivity contribution is 7.89. The molecule has 1 aliphatic heterocycles. The largest absolute Gasteiger partial charge is 0.352 e. The van der Waals surface area contributed by atoms with Crippen LogP contribution in [-0.2, 0) is 28.4 Å². The van der Waals surface area contributed by atoms with Crippen molar-refractivity contribution >= 4 is 27.5 Å². The number of amides is 1. The molecule has 3 aromatic rings. The van der Waals surface area contributed by atoms with Gasteiger partial charge in [-0.25, -0.2) is 17.8 Å². The van der Waals surface area contributed by atoms with Crippen molar-refractivity contribution in [2.45, 2.75) is 17.5 Å². The lowest BCUT2D eigenvalue weighted by atomic mass is 9.88. The van der Waals surface area contributed by atoms with E-state index in [1.54, 1.807) is 41.9 Å². The van der Waals surface area contributed by atoms with Gasteiger partial charge in [-0.15, -0.1) is 0 Å². The average molecular weight is 477 g/mol. The summed E-state index contributed by atoms with van der Waals surface area (Å²) in [6, 6.07) is 12.9. The minimum atomic E-state index is -3.88. The lowest BCUT2D eigenvalue weighted by molar-refractivity contribution is -0.125. The van der Waals surface area contributed by atoms with Gasteiger partial charge in [-0.3, -0.25) is 4.79 Å². The van der Waals surface area contributed by atoms with Crippen LogP contribution in [0.15, 0.2) is 66.1 Å². The number of carbonyl (C=O) groups is 1. The number of carbonyl (C=O) groups excluding carboxylic acids is 1. The summed E-state index contributed by atoms with van der Waals surface area (Å²) < 4.78 is 42.5. The SMILES string of the molecule is Cn1cnc(S(=O)(=O)N2CC(C(=O)NCc3cccc(Cl)c3)C(c3ccc(F)cc3)C2)c1. The number of benzene rings is 2. The van der Waals surface area contributed by atoms with Gasteiger partial charge in [0.1, 0.15) is 5.82 Å². The van der Waals surface area contributed by atoms with E-state index < -0.39 is 27.7 Å². The Morgan fingerprint density at radius 1 is 1.22 bits per heavy atom. The van der Waals surface area contributed by atoms with E-state index >= 15 is 0 Å². The number of nitrogens with one attached hydrogen (secondary N) is 1. The molecule has 1 fully saturated rings. The van der Waals surface area contributed by atoms with Gasteiger partial charge in [0.25, 0.3) is 10.0 Å². The van der Waals surface area contributed by atoms with E-state index in [0.717, 1.165) is 5.56 Å². The van der Waals surface area contributed by atoms with Gasteiger partial charge in [-0.1, -0.05) is 35.9 Å². The fraction of sp³-hybridized carbons (Fsp3) is 0.273. The van der Waals surface area contributed by atoms with E-state index in [2.05, 4.69) is 10.3 Å². The molecule has 1 N–H and O–H groups in total. The summed E-state index contributed by atoms with van der Waals surface area (Å²) in [4.78, 5) is 17.1. The Balaban J connectivity index is 1.58. The maximum atomic E-state index is 13.5. The number of hydrogen-bond acceptors (Lipinski definition) is 4. The number of sulfonamides is 1. The van der Waals surface area contributed by atoms with Crippen LogP contribution in [0.5, 0.6) is 0 Å². The van der Waals surface area contributed by atoms with E-state index in [4.69, 9.17) is 11.6 Å². The molecule has 10 heteroatoms. The third kappa shape index (κ3) is 4.69. The van der Waals surface area contributed by atoms with Crippen LogP contribution in [0.1, 0.15) is 17.0 Å². The summed E-state index contributed by atoms with van der Waals surface area (Å²) >= 11 is 6.01. The number of hydrogen-bond donors (Lipinski definition) is 1. The molecular formula is C22H22ClFN4O3S. The lowest BCUT2D eigenvalue weighted by Gasteiger charge is -2.18. The summed E-state index contributed by atoms with van der Waals surface area (Å²) in [6.07, 6.45) is 2.84. The van der Waals surface area contributed by atoms with Gasteiger partial charge in [-0.05, 0) is 35.4 Å². The Hall–Kier alpha value is -2.75. The first-order valence-electron chi connectivity index (χ1n) is 10.00. The van der Waals surface area contributed by atoms with Crippen molar-refractivity contribution in [3.63, 3.8) is 0 Å². The van der Waals surface area contributed by atoms with E-state index in [9.17, 15) is 17.6 Å². The Morgan fingerprint density at radius 2 is 1.97 bits per heavy atom. The zero-order chi connectivity index (χ0) is 22.9. The molecule has 0 aliphatic carbocycles. The van der Waals surface area contributed by atoms with Crippen molar-refractivity contribution in [3.05, 3.63) is 83.0 Å².